The average Bonchev–Trinajstić information content (AvgIpc) is 2.40. The van der Waals surface area contributed by atoms with Crippen molar-refractivity contribution in [3.8, 4) is 0 Å². The lowest BCUT2D eigenvalue weighted by Crippen LogP contribution is -2.20. The van der Waals surface area contributed by atoms with Crippen molar-refractivity contribution in [2.45, 2.75) is 45.3 Å². The lowest BCUT2D eigenvalue weighted by atomic mass is 10.5. The maximum absolute atomic E-state index is 11.4. The number of hydrogen-bond acceptors (Lipinski definition) is 6. The van der Waals surface area contributed by atoms with E-state index in [9.17, 15) is 14.4 Å². The third-order valence-corrected chi connectivity index (χ3v) is 4.60. The summed E-state index contributed by atoms with van der Waals surface area (Å²) < 4.78 is 5.03. The van der Waals surface area contributed by atoms with Crippen molar-refractivity contribution >= 4 is 39.7 Å². The van der Waals surface area contributed by atoms with Gasteiger partial charge in [-0.25, -0.2) is 0 Å². The molecule has 0 aliphatic carbocycles. The van der Waals surface area contributed by atoms with Gasteiger partial charge in [0.15, 0.2) is 10.2 Å². The molecule has 0 N–H and O–H groups in total. The minimum absolute atomic E-state index is 0.0529. The van der Waals surface area contributed by atoms with Gasteiger partial charge in [0.05, 0.1) is 5.25 Å². The van der Waals surface area contributed by atoms with E-state index < -0.39 is 0 Å². The van der Waals surface area contributed by atoms with Crippen LogP contribution in [-0.4, -0.2) is 33.8 Å². The molecule has 0 aromatic rings. The number of carbonyl (C=O) groups is 3. The fraction of sp³-hybridized carbons (Fsp3) is 0.750. The van der Waals surface area contributed by atoms with E-state index in [0.717, 1.165) is 11.8 Å². The molecule has 1 unspecified atom stereocenters. The largest absolute Gasteiger partial charge is 0.464 e. The van der Waals surface area contributed by atoms with Crippen LogP contribution in [0.5, 0.6) is 0 Å². The Labute approximate surface area is 117 Å². The molecule has 0 fully saturated rings. The Morgan fingerprint density at radius 1 is 1.00 bits per heavy atom. The molecule has 0 heterocycles. The number of hydrogen-bond donors (Lipinski definition) is 0. The zero-order chi connectivity index (χ0) is 14.0. The third kappa shape index (κ3) is 8.58. The smallest absolute Gasteiger partial charge is 0.305 e. The Morgan fingerprint density at radius 2 is 1.61 bits per heavy atom. The minimum atomic E-state index is -0.281. The van der Waals surface area contributed by atoms with Gasteiger partial charge in [0.25, 0.3) is 0 Å². The number of esters is 1. The van der Waals surface area contributed by atoms with E-state index in [1.807, 2.05) is 0 Å². The molecule has 18 heavy (non-hydrogen) atoms. The van der Waals surface area contributed by atoms with Crippen LogP contribution in [0.15, 0.2) is 0 Å². The fourth-order valence-electron chi connectivity index (χ4n) is 0.961. The van der Waals surface area contributed by atoms with Crippen LogP contribution in [0.4, 0.5) is 0 Å². The monoisotopic (exact) mass is 292 g/mol. The molecule has 0 spiro atoms. The highest BCUT2D eigenvalue weighted by Gasteiger charge is 2.17. The molecule has 0 saturated heterocycles. The zero-order valence-electron chi connectivity index (χ0n) is 11.1. The summed E-state index contributed by atoms with van der Waals surface area (Å²) in [5, 5.41) is -0.00286. The van der Waals surface area contributed by atoms with Crippen molar-refractivity contribution in [2.75, 3.05) is 12.4 Å². The molecule has 0 amide bonds. The van der Waals surface area contributed by atoms with E-state index in [1.54, 1.807) is 20.8 Å². The molecule has 6 heteroatoms. The van der Waals surface area contributed by atoms with Crippen LogP contribution in [0.3, 0.4) is 0 Å². The lowest BCUT2D eigenvalue weighted by molar-refractivity contribution is -0.143. The summed E-state index contributed by atoms with van der Waals surface area (Å²) in [6.07, 6.45) is 1.23. The highest BCUT2D eigenvalue weighted by Crippen LogP contribution is 2.20. The predicted octanol–water partition coefficient (Wildman–Crippen LogP) is 2.65. The first-order chi connectivity index (χ1) is 8.53. The Morgan fingerprint density at radius 3 is 2.11 bits per heavy atom. The Balaban J connectivity index is 4.19. The molecule has 1 atom stereocenters. The van der Waals surface area contributed by atoms with Gasteiger partial charge in [0.2, 0.25) is 0 Å². The molecule has 0 aromatic heterocycles. The molecule has 0 aliphatic heterocycles. The van der Waals surface area contributed by atoms with Crippen LogP contribution in [0.25, 0.3) is 0 Å². The van der Waals surface area contributed by atoms with Crippen LogP contribution >= 0.6 is 23.5 Å². The maximum atomic E-state index is 11.4. The van der Waals surface area contributed by atoms with Crippen molar-refractivity contribution < 1.29 is 19.1 Å². The van der Waals surface area contributed by atoms with Crippen LogP contribution in [0, 0.1) is 0 Å². The highest BCUT2D eigenvalue weighted by molar-refractivity contribution is 8.17. The van der Waals surface area contributed by atoms with Gasteiger partial charge >= 0.3 is 5.97 Å². The van der Waals surface area contributed by atoms with Crippen molar-refractivity contribution in [3.05, 3.63) is 0 Å². The summed E-state index contributed by atoms with van der Waals surface area (Å²) >= 11 is 2.35. The number of thioether (sulfide) groups is 2. The summed E-state index contributed by atoms with van der Waals surface area (Å²) in [6.45, 7) is 5.49. The van der Waals surface area contributed by atoms with Gasteiger partial charge in [-0.15, -0.1) is 0 Å². The fourth-order valence-corrected chi connectivity index (χ4v) is 2.78. The van der Waals surface area contributed by atoms with Gasteiger partial charge in [-0.2, -0.15) is 0 Å². The van der Waals surface area contributed by atoms with E-state index in [2.05, 4.69) is 0 Å². The van der Waals surface area contributed by atoms with Gasteiger partial charge in [0, 0.05) is 25.0 Å². The SMILES string of the molecule is CCC(=O)OCC(CSC(=O)CC)SC(=O)CC. The average molecular weight is 292 g/mol. The quantitative estimate of drug-likeness (QED) is 0.641. The lowest BCUT2D eigenvalue weighted by Gasteiger charge is -2.14. The van der Waals surface area contributed by atoms with Crippen molar-refractivity contribution in [1.29, 1.82) is 0 Å². The second-order valence-corrected chi connectivity index (χ2v) is 5.97. The van der Waals surface area contributed by atoms with Gasteiger partial charge in [-0.1, -0.05) is 44.3 Å². The normalized spacial score (nSPS) is 11.9. The van der Waals surface area contributed by atoms with E-state index >= 15 is 0 Å². The van der Waals surface area contributed by atoms with Crippen molar-refractivity contribution in [1.82, 2.24) is 0 Å². The Kier molecular flexibility index (Phi) is 10.2. The van der Waals surface area contributed by atoms with E-state index in [-0.39, 0.29) is 28.1 Å². The zero-order valence-corrected chi connectivity index (χ0v) is 12.7. The first kappa shape index (κ1) is 17.5. The first-order valence-electron chi connectivity index (χ1n) is 6.04. The number of carbonyl (C=O) groups excluding carboxylic acids is 3. The summed E-state index contributed by atoms with van der Waals surface area (Å²) in [5.41, 5.74) is 0. The van der Waals surface area contributed by atoms with E-state index in [4.69, 9.17) is 4.74 Å². The van der Waals surface area contributed by atoms with Crippen LogP contribution < -0.4 is 0 Å². The second kappa shape index (κ2) is 10.4. The molecule has 0 bridgehead atoms. The molecule has 0 rings (SSSR count). The summed E-state index contributed by atoms with van der Waals surface area (Å²) in [7, 11) is 0. The molecule has 4 nitrogen and oxygen atoms in total. The van der Waals surface area contributed by atoms with Crippen molar-refractivity contribution in [2.24, 2.45) is 0 Å². The minimum Gasteiger partial charge on any atom is -0.464 e. The predicted molar refractivity (Wildman–Crippen MR) is 75.7 cm³/mol. The molecule has 0 aliphatic rings. The van der Waals surface area contributed by atoms with Crippen LogP contribution in [0.2, 0.25) is 0 Å². The first-order valence-corrected chi connectivity index (χ1v) is 7.90. The summed E-state index contributed by atoms with van der Waals surface area (Å²) in [4.78, 5) is 33.7. The van der Waals surface area contributed by atoms with E-state index in [0.29, 0.717) is 25.0 Å². The van der Waals surface area contributed by atoms with Crippen LogP contribution in [-0.2, 0) is 19.1 Å². The summed E-state index contributed by atoms with van der Waals surface area (Å²) in [5.74, 6) is 0.219. The van der Waals surface area contributed by atoms with Gasteiger partial charge in [-0.3, -0.25) is 14.4 Å². The Bertz CT molecular complexity index is 272. The van der Waals surface area contributed by atoms with Gasteiger partial charge in [-0.05, 0) is 0 Å². The molecular formula is C12H20O4S2. The number of rotatable bonds is 8. The standard InChI is InChI=1S/C12H20O4S2/c1-4-10(13)16-7-9(18-12(15)6-3)8-17-11(14)5-2/h9H,4-8H2,1-3H3. The van der Waals surface area contributed by atoms with Gasteiger partial charge < -0.3 is 4.74 Å². The summed E-state index contributed by atoms with van der Waals surface area (Å²) in [6, 6.07) is 0. The third-order valence-electron chi connectivity index (χ3n) is 2.02. The van der Waals surface area contributed by atoms with Crippen LogP contribution in [0.1, 0.15) is 40.0 Å². The molecule has 0 radical (unpaired) electrons. The number of ether oxygens (including phenoxy) is 1. The highest BCUT2D eigenvalue weighted by atomic mass is 32.2. The molecular weight excluding hydrogens is 272 g/mol. The topological polar surface area (TPSA) is 60.4 Å². The van der Waals surface area contributed by atoms with E-state index in [1.165, 1.54) is 11.8 Å². The molecule has 0 saturated carbocycles. The maximum Gasteiger partial charge on any atom is 0.305 e. The molecule has 104 valence electrons. The second-order valence-electron chi connectivity index (χ2n) is 3.54. The van der Waals surface area contributed by atoms with Gasteiger partial charge in [0.1, 0.15) is 6.61 Å². The Hall–Kier alpha value is -0.490. The van der Waals surface area contributed by atoms with Crippen molar-refractivity contribution in [3.63, 3.8) is 0 Å². The molecule has 0 aromatic carbocycles.